The lowest BCUT2D eigenvalue weighted by molar-refractivity contribution is 0.0774. The second-order valence-electron chi connectivity index (χ2n) is 4.43. The van der Waals surface area contributed by atoms with Gasteiger partial charge in [-0.3, -0.25) is 4.79 Å². The van der Waals surface area contributed by atoms with Crippen LogP contribution >= 0.6 is 0 Å². The molecule has 0 aliphatic heterocycles. The summed E-state index contributed by atoms with van der Waals surface area (Å²) in [5, 5.41) is 0. The Balaban J connectivity index is 3.00. The topological polar surface area (TPSA) is 46.3 Å². The van der Waals surface area contributed by atoms with E-state index < -0.39 is 17.5 Å². The van der Waals surface area contributed by atoms with E-state index in [9.17, 15) is 13.6 Å². The number of carbonyl (C=O) groups is 1. The van der Waals surface area contributed by atoms with E-state index >= 15 is 0 Å². The molecule has 0 saturated heterocycles. The zero-order valence-electron chi connectivity index (χ0n) is 10.1. The monoisotopic (exact) mass is 242 g/mol. The van der Waals surface area contributed by atoms with E-state index in [1.54, 1.807) is 7.05 Å². The molecule has 0 unspecified atom stereocenters. The maximum absolute atomic E-state index is 13.4. The summed E-state index contributed by atoms with van der Waals surface area (Å²) in [6, 6.07) is 1.66. The van der Waals surface area contributed by atoms with Crippen LogP contribution in [0.15, 0.2) is 12.1 Å². The van der Waals surface area contributed by atoms with Gasteiger partial charge >= 0.3 is 0 Å². The van der Waals surface area contributed by atoms with Crippen molar-refractivity contribution in [3.63, 3.8) is 0 Å². The number of rotatable bonds is 3. The van der Waals surface area contributed by atoms with Gasteiger partial charge in [-0.05, 0) is 12.0 Å². The maximum atomic E-state index is 13.4. The van der Waals surface area contributed by atoms with Crippen molar-refractivity contribution in [1.29, 1.82) is 0 Å². The van der Waals surface area contributed by atoms with Gasteiger partial charge in [0.15, 0.2) is 0 Å². The SMILES string of the molecule is CC(C)CN(C)C(=O)c1cc(N)c(F)cc1F. The molecule has 0 fully saturated rings. The van der Waals surface area contributed by atoms with Gasteiger partial charge in [-0.1, -0.05) is 13.8 Å². The van der Waals surface area contributed by atoms with Crippen LogP contribution in [0, 0.1) is 17.6 Å². The highest BCUT2D eigenvalue weighted by atomic mass is 19.1. The highest BCUT2D eigenvalue weighted by Gasteiger charge is 2.18. The fourth-order valence-electron chi connectivity index (χ4n) is 1.57. The van der Waals surface area contributed by atoms with Crippen LogP contribution in [0.2, 0.25) is 0 Å². The molecule has 0 aliphatic carbocycles. The van der Waals surface area contributed by atoms with Crippen molar-refractivity contribution < 1.29 is 13.6 Å². The second-order valence-corrected chi connectivity index (χ2v) is 4.43. The number of hydrogen-bond donors (Lipinski definition) is 1. The van der Waals surface area contributed by atoms with Gasteiger partial charge < -0.3 is 10.6 Å². The molecule has 1 rings (SSSR count). The molecule has 5 heteroatoms. The molecule has 0 spiro atoms. The van der Waals surface area contributed by atoms with Gasteiger partial charge in [0.25, 0.3) is 5.91 Å². The first-order valence-electron chi connectivity index (χ1n) is 5.33. The number of nitrogen functional groups attached to an aromatic ring is 1. The molecule has 0 aromatic heterocycles. The summed E-state index contributed by atoms with van der Waals surface area (Å²) >= 11 is 0. The van der Waals surface area contributed by atoms with Crippen molar-refractivity contribution >= 4 is 11.6 Å². The smallest absolute Gasteiger partial charge is 0.256 e. The highest BCUT2D eigenvalue weighted by molar-refractivity contribution is 5.95. The Morgan fingerprint density at radius 3 is 2.47 bits per heavy atom. The molecule has 17 heavy (non-hydrogen) atoms. The van der Waals surface area contributed by atoms with E-state index in [0.29, 0.717) is 12.6 Å². The number of anilines is 1. The minimum atomic E-state index is -0.891. The standard InChI is InChI=1S/C12H16F2N2O/c1-7(2)6-16(3)12(17)8-4-11(15)10(14)5-9(8)13/h4-5,7H,6,15H2,1-3H3. The lowest BCUT2D eigenvalue weighted by Gasteiger charge is -2.19. The van der Waals surface area contributed by atoms with Gasteiger partial charge in [-0.25, -0.2) is 8.78 Å². The fraction of sp³-hybridized carbons (Fsp3) is 0.417. The zero-order chi connectivity index (χ0) is 13.2. The van der Waals surface area contributed by atoms with Gasteiger partial charge in [0.2, 0.25) is 0 Å². The molecular weight excluding hydrogens is 226 g/mol. The Labute approximate surface area is 99.2 Å². The molecule has 0 heterocycles. The predicted molar refractivity (Wildman–Crippen MR) is 62.6 cm³/mol. The van der Waals surface area contributed by atoms with Gasteiger partial charge in [-0.2, -0.15) is 0 Å². The van der Waals surface area contributed by atoms with E-state index in [0.717, 1.165) is 6.07 Å². The molecule has 0 bridgehead atoms. The molecule has 1 amide bonds. The summed E-state index contributed by atoms with van der Waals surface area (Å²) in [5.74, 6) is -1.98. The summed E-state index contributed by atoms with van der Waals surface area (Å²) < 4.78 is 26.4. The first-order valence-corrected chi connectivity index (χ1v) is 5.33. The second kappa shape index (κ2) is 5.12. The Kier molecular flexibility index (Phi) is 4.04. The lowest BCUT2D eigenvalue weighted by atomic mass is 10.1. The van der Waals surface area contributed by atoms with Gasteiger partial charge in [0.05, 0.1) is 11.3 Å². The molecule has 3 nitrogen and oxygen atoms in total. The number of benzene rings is 1. The van der Waals surface area contributed by atoms with Crippen molar-refractivity contribution in [3.8, 4) is 0 Å². The van der Waals surface area contributed by atoms with Crippen LogP contribution in [0.1, 0.15) is 24.2 Å². The molecule has 0 atom stereocenters. The van der Waals surface area contributed by atoms with Crippen LogP contribution in [-0.4, -0.2) is 24.4 Å². The van der Waals surface area contributed by atoms with Crippen molar-refractivity contribution in [2.75, 3.05) is 19.3 Å². The lowest BCUT2D eigenvalue weighted by Crippen LogP contribution is -2.31. The van der Waals surface area contributed by atoms with E-state index in [1.807, 2.05) is 13.8 Å². The molecule has 1 aromatic carbocycles. The van der Waals surface area contributed by atoms with Crippen molar-refractivity contribution in [1.82, 2.24) is 4.90 Å². The van der Waals surface area contributed by atoms with E-state index in [-0.39, 0.29) is 17.2 Å². The Morgan fingerprint density at radius 2 is 1.94 bits per heavy atom. The minimum Gasteiger partial charge on any atom is -0.396 e. The third-order valence-electron chi connectivity index (χ3n) is 2.30. The minimum absolute atomic E-state index is 0.202. The van der Waals surface area contributed by atoms with Gasteiger partial charge in [-0.15, -0.1) is 0 Å². The number of nitrogens with zero attached hydrogens (tertiary/aromatic N) is 1. The third-order valence-corrected chi connectivity index (χ3v) is 2.30. The van der Waals surface area contributed by atoms with Crippen LogP contribution < -0.4 is 5.73 Å². The van der Waals surface area contributed by atoms with Crippen LogP contribution in [0.3, 0.4) is 0 Å². The van der Waals surface area contributed by atoms with Crippen LogP contribution in [-0.2, 0) is 0 Å². The Hall–Kier alpha value is -1.65. The highest BCUT2D eigenvalue weighted by Crippen LogP contribution is 2.18. The first-order chi connectivity index (χ1) is 7.82. The zero-order valence-corrected chi connectivity index (χ0v) is 10.1. The van der Waals surface area contributed by atoms with E-state index in [2.05, 4.69) is 0 Å². The van der Waals surface area contributed by atoms with E-state index in [1.165, 1.54) is 4.90 Å². The molecule has 1 aromatic rings. The predicted octanol–water partition coefficient (Wildman–Crippen LogP) is 2.28. The molecule has 0 radical (unpaired) electrons. The largest absolute Gasteiger partial charge is 0.396 e. The van der Waals surface area contributed by atoms with Crippen LogP contribution in [0.25, 0.3) is 0 Å². The average molecular weight is 242 g/mol. The fourth-order valence-corrected chi connectivity index (χ4v) is 1.57. The van der Waals surface area contributed by atoms with Gasteiger partial charge in [0.1, 0.15) is 11.6 Å². The van der Waals surface area contributed by atoms with Crippen LogP contribution in [0.5, 0.6) is 0 Å². The van der Waals surface area contributed by atoms with Crippen molar-refractivity contribution in [3.05, 3.63) is 29.3 Å². The average Bonchev–Trinajstić information content (AvgIpc) is 2.21. The molecule has 94 valence electrons. The quantitative estimate of drug-likeness (QED) is 0.826. The number of carbonyl (C=O) groups excluding carboxylic acids is 1. The number of nitrogens with two attached hydrogens (primary N) is 1. The van der Waals surface area contributed by atoms with Crippen LogP contribution in [0.4, 0.5) is 14.5 Å². The summed E-state index contributed by atoms with van der Waals surface area (Å²) in [7, 11) is 1.57. The van der Waals surface area contributed by atoms with Crippen molar-refractivity contribution in [2.45, 2.75) is 13.8 Å². The summed E-state index contributed by atoms with van der Waals surface area (Å²) in [6.45, 7) is 4.38. The normalized spacial score (nSPS) is 10.7. The Morgan fingerprint density at radius 1 is 1.35 bits per heavy atom. The van der Waals surface area contributed by atoms with Gasteiger partial charge in [0, 0.05) is 19.7 Å². The summed E-state index contributed by atoms with van der Waals surface area (Å²) in [6.07, 6.45) is 0. The third kappa shape index (κ3) is 3.15. The molecule has 0 saturated carbocycles. The maximum Gasteiger partial charge on any atom is 0.256 e. The molecular formula is C12H16F2N2O. The molecule has 0 aliphatic rings. The summed E-state index contributed by atoms with van der Waals surface area (Å²) in [4.78, 5) is 13.3. The first kappa shape index (κ1) is 13.4. The number of hydrogen-bond acceptors (Lipinski definition) is 2. The Bertz CT molecular complexity index is 433. The van der Waals surface area contributed by atoms with E-state index in [4.69, 9.17) is 5.73 Å². The van der Waals surface area contributed by atoms with Crippen molar-refractivity contribution in [2.24, 2.45) is 5.92 Å². The number of halogens is 2. The number of amides is 1. The molecule has 2 N–H and O–H groups in total. The summed E-state index contributed by atoms with van der Waals surface area (Å²) in [5.41, 5.74) is 4.89.